The van der Waals surface area contributed by atoms with Crippen molar-refractivity contribution >= 4 is 5.97 Å². The predicted octanol–water partition coefficient (Wildman–Crippen LogP) is 3.87. The van der Waals surface area contributed by atoms with Gasteiger partial charge in [0.1, 0.15) is 0 Å². The summed E-state index contributed by atoms with van der Waals surface area (Å²) in [4.78, 5) is 20.9. The first-order chi connectivity index (χ1) is 7.48. The quantitative estimate of drug-likeness (QED) is 0.361. The molecule has 0 amide bonds. The molecule has 0 unspecified atom stereocenters. The lowest BCUT2D eigenvalue weighted by atomic mass is 9.98. The molecule has 0 atom stereocenters. The molecule has 96 valence electrons. The lowest BCUT2D eigenvalue weighted by Crippen LogP contribution is -2.23. The summed E-state index contributed by atoms with van der Waals surface area (Å²) in [6.45, 7) is 8.14. The fraction of sp³-hybridized carbons (Fsp3) is 0.923. The van der Waals surface area contributed by atoms with E-state index in [4.69, 9.17) is 9.78 Å². The fourth-order valence-electron chi connectivity index (χ4n) is 1.16. The molecule has 0 radical (unpaired) electrons. The van der Waals surface area contributed by atoms with Crippen molar-refractivity contribution < 1.29 is 14.6 Å². The largest absolute Gasteiger partial charge is 0.347 e. The van der Waals surface area contributed by atoms with Gasteiger partial charge in [0.05, 0.1) is 12.0 Å². The summed E-state index contributed by atoms with van der Waals surface area (Å²) in [6, 6.07) is 0. The van der Waals surface area contributed by atoms with E-state index >= 15 is 0 Å². The molecule has 0 saturated carbocycles. The normalized spacial score (nSPS) is 11.5. The van der Waals surface area contributed by atoms with E-state index in [0.717, 1.165) is 12.8 Å². The van der Waals surface area contributed by atoms with Gasteiger partial charge in [-0.1, -0.05) is 39.0 Å². The topological polar surface area (TPSA) is 35.5 Å². The van der Waals surface area contributed by atoms with Crippen LogP contribution >= 0.6 is 0 Å². The zero-order valence-electron chi connectivity index (χ0n) is 11.2. The first-order valence-electron chi connectivity index (χ1n) is 6.32. The van der Waals surface area contributed by atoms with Crippen LogP contribution in [0.2, 0.25) is 0 Å². The second-order valence-electron chi connectivity index (χ2n) is 5.21. The summed E-state index contributed by atoms with van der Waals surface area (Å²) in [6.07, 6.45) is 7.20. The van der Waals surface area contributed by atoms with Crippen LogP contribution in [0.15, 0.2) is 0 Å². The third-order valence-electron chi connectivity index (χ3n) is 2.33. The highest BCUT2D eigenvalue weighted by atomic mass is 17.2. The number of unbranched alkanes of at least 4 members (excludes halogenated alkanes) is 5. The van der Waals surface area contributed by atoms with E-state index in [1.54, 1.807) is 0 Å². The molecule has 0 aromatic heterocycles. The van der Waals surface area contributed by atoms with E-state index < -0.39 is 5.41 Å². The van der Waals surface area contributed by atoms with Crippen LogP contribution in [0.1, 0.15) is 66.2 Å². The number of hydrogen-bond donors (Lipinski definition) is 0. The van der Waals surface area contributed by atoms with Gasteiger partial charge in [-0.2, -0.15) is 4.89 Å². The molecular weight excluding hydrogens is 204 g/mol. The van der Waals surface area contributed by atoms with Crippen LogP contribution in [0.4, 0.5) is 0 Å². The lowest BCUT2D eigenvalue weighted by molar-refractivity contribution is -0.279. The average molecular weight is 230 g/mol. The van der Waals surface area contributed by atoms with Gasteiger partial charge in [-0.15, -0.1) is 0 Å². The van der Waals surface area contributed by atoms with Crippen molar-refractivity contribution in [2.75, 3.05) is 6.61 Å². The summed E-state index contributed by atoms with van der Waals surface area (Å²) in [5.41, 5.74) is -0.485. The van der Waals surface area contributed by atoms with E-state index in [2.05, 4.69) is 6.92 Å². The molecule has 0 rings (SSSR count). The van der Waals surface area contributed by atoms with Crippen molar-refractivity contribution in [3.63, 3.8) is 0 Å². The molecule has 0 aromatic carbocycles. The second kappa shape index (κ2) is 8.57. The van der Waals surface area contributed by atoms with E-state index in [-0.39, 0.29) is 5.97 Å². The van der Waals surface area contributed by atoms with E-state index in [1.165, 1.54) is 25.7 Å². The van der Waals surface area contributed by atoms with Crippen molar-refractivity contribution in [3.05, 3.63) is 0 Å². The Morgan fingerprint density at radius 2 is 1.56 bits per heavy atom. The molecule has 0 heterocycles. The van der Waals surface area contributed by atoms with Crippen molar-refractivity contribution in [2.24, 2.45) is 5.41 Å². The molecule has 3 heteroatoms. The van der Waals surface area contributed by atoms with Crippen LogP contribution in [0.3, 0.4) is 0 Å². The minimum atomic E-state index is -0.485. The van der Waals surface area contributed by atoms with E-state index in [1.807, 2.05) is 20.8 Å². The molecular formula is C13H26O3. The number of rotatable bonds is 8. The Hall–Kier alpha value is -0.570. The maximum Gasteiger partial charge on any atom is 0.347 e. The summed E-state index contributed by atoms with van der Waals surface area (Å²) < 4.78 is 0. The molecule has 0 aliphatic carbocycles. The zero-order valence-corrected chi connectivity index (χ0v) is 11.2. The van der Waals surface area contributed by atoms with Gasteiger partial charge >= 0.3 is 5.97 Å². The average Bonchev–Trinajstić information content (AvgIpc) is 2.20. The molecule has 0 N–H and O–H groups in total. The molecule has 16 heavy (non-hydrogen) atoms. The Labute approximate surface area is 99.4 Å². The summed E-state index contributed by atoms with van der Waals surface area (Å²) in [5.74, 6) is -0.307. The number of hydrogen-bond acceptors (Lipinski definition) is 3. The van der Waals surface area contributed by atoms with Crippen LogP contribution in [-0.2, 0) is 14.6 Å². The highest BCUT2D eigenvalue weighted by molar-refractivity contribution is 5.74. The zero-order chi connectivity index (χ0) is 12.4. The highest BCUT2D eigenvalue weighted by Gasteiger charge is 2.24. The van der Waals surface area contributed by atoms with Gasteiger partial charge in [-0.3, -0.25) is 4.89 Å². The minimum Gasteiger partial charge on any atom is -0.298 e. The van der Waals surface area contributed by atoms with E-state index in [0.29, 0.717) is 6.61 Å². The van der Waals surface area contributed by atoms with Gasteiger partial charge < -0.3 is 0 Å². The Bertz CT molecular complexity index is 182. The van der Waals surface area contributed by atoms with Crippen LogP contribution in [-0.4, -0.2) is 12.6 Å². The summed E-state index contributed by atoms with van der Waals surface area (Å²) >= 11 is 0. The monoisotopic (exact) mass is 230 g/mol. The van der Waals surface area contributed by atoms with Gasteiger partial charge in [0, 0.05) is 0 Å². The van der Waals surface area contributed by atoms with Crippen LogP contribution in [0.5, 0.6) is 0 Å². The third-order valence-corrected chi connectivity index (χ3v) is 2.33. The summed E-state index contributed by atoms with van der Waals surface area (Å²) in [5, 5.41) is 0. The van der Waals surface area contributed by atoms with Gasteiger partial charge in [0.15, 0.2) is 0 Å². The molecule has 0 bridgehead atoms. The van der Waals surface area contributed by atoms with Crippen molar-refractivity contribution in [2.45, 2.75) is 66.2 Å². The molecule has 0 aliphatic heterocycles. The van der Waals surface area contributed by atoms with Crippen LogP contribution in [0.25, 0.3) is 0 Å². The second-order valence-corrected chi connectivity index (χ2v) is 5.21. The number of carbonyl (C=O) groups excluding carboxylic acids is 1. The molecule has 3 nitrogen and oxygen atoms in total. The van der Waals surface area contributed by atoms with Gasteiger partial charge in [-0.25, -0.2) is 4.79 Å². The van der Waals surface area contributed by atoms with Crippen molar-refractivity contribution in [3.8, 4) is 0 Å². The highest BCUT2D eigenvalue weighted by Crippen LogP contribution is 2.15. The molecule has 0 aromatic rings. The maximum atomic E-state index is 11.3. The van der Waals surface area contributed by atoms with Crippen LogP contribution < -0.4 is 0 Å². The Morgan fingerprint density at radius 1 is 1.00 bits per heavy atom. The SMILES string of the molecule is CCCCCCCCOOC(=O)C(C)(C)C. The standard InChI is InChI=1S/C13H26O3/c1-5-6-7-8-9-10-11-15-16-12(14)13(2,3)4/h5-11H2,1-4H3. The maximum absolute atomic E-state index is 11.3. The Kier molecular flexibility index (Phi) is 8.26. The van der Waals surface area contributed by atoms with Crippen molar-refractivity contribution in [1.29, 1.82) is 0 Å². The van der Waals surface area contributed by atoms with E-state index in [9.17, 15) is 4.79 Å². The predicted molar refractivity (Wildman–Crippen MR) is 64.9 cm³/mol. The first kappa shape index (κ1) is 15.4. The molecule has 0 spiro atoms. The molecule has 0 aliphatic rings. The van der Waals surface area contributed by atoms with Gasteiger partial charge in [-0.05, 0) is 27.2 Å². The fourth-order valence-corrected chi connectivity index (χ4v) is 1.16. The Balaban J connectivity index is 3.25. The van der Waals surface area contributed by atoms with Gasteiger partial charge in [0.25, 0.3) is 0 Å². The number of carbonyl (C=O) groups is 1. The van der Waals surface area contributed by atoms with Gasteiger partial charge in [0.2, 0.25) is 0 Å². The summed E-state index contributed by atoms with van der Waals surface area (Å²) in [7, 11) is 0. The lowest BCUT2D eigenvalue weighted by Gasteiger charge is -2.14. The minimum absolute atomic E-state index is 0.307. The van der Waals surface area contributed by atoms with Crippen LogP contribution in [0, 0.1) is 5.41 Å². The molecule has 0 fully saturated rings. The Morgan fingerprint density at radius 3 is 2.12 bits per heavy atom. The first-order valence-corrected chi connectivity index (χ1v) is 6.32. The van der Waals surface area contributed by atoms with Crippen molar-refractivity contribution in [1.82, 2.24) is 0 Å². The third kappa shape index (κ3) is 8.72. The molecule has 0 saturated heterocycles. The smallest absolute Gasteiger partial charge is 0.298 e.